The van der Waals surface area contributed by atoms with Crippen molar-refractivity contribution in [2.75, 3.05) is 53.6 Å². The van der Waals surface area contributed by atoms with Crippen molar-refractivity contribution in [3.05, 3.63) is 64.2 Å². The summed E-state index contributed by atoms with van der Waals surface area (Å²) in [6.07, 6.45) is -3.53. The Morgan fingerprint density at radius 2 is 1.71 bits per heavy atom. The van der Waals surface area contributed by atoms with E-state index in [0.717, 1.165) is 49.5 Å². The molecule has 2 aromatic rings. The Hall–Kier alpha value is -2.62. The highest BCUT2D eigenvalue weighted by atomic mass is 19.4. The van der Waals surface area contributed by atoms with E-state index in [2.05, 4.69) is 42.7 Å². The average Bonchev–Trinajstić information content (AvgIpc) is 3.50. The topological polar surface area (TPSA) is 45.3 Å². The summed E-state index contributed by atoms with van der Waals surface area (Å²) in [5.41, 5.74) is 3.16. The Labute approximate surface area is 223 Å². The number of hydrogen-bond donors (Lipinski definition) is 0. The van der Waals surface area contributed by atoms with Crippen molar-refractivity contribution in [3.63, 3.8) is 0 Å². The van der Waals surface area contributed by atoms with E-state index in [9.17, 15) is 18.0 Å². The van der Waals surface area contributed by atoms with Gasteiger partial charge in [0.2, 0.25) is 0 Å². The van der Waals surface area contributed by atoms with Crippen molar-refractivity contribution in [2.45, 2.75) is 51.5 Å². The lowest BCUT2D eigenvalue weighted by Crippen LogP contribution is -2.49. The third-order valence-electron chi connectivity index (χ3n) is 8.14. The Kier molecular flexibility index (Phi) is 8.69. The molecule has 0 aliphatic carbocycles. The molecule has 2 aliphatic heterocycles. The number of likely N-dealkylation sites (tertiary alicyclic amines) is 2. The molecule has 2 saturated heterocycles. The molecule has 0 N–H and O–H groups in total. The van der Waals surface area contributed by atoms with Crippen LogP contribution in [0.3, 0.4) is 0 Å². The highest BCUT2D eigenvalue weighted by molar-refractivity contribution is 5.94. The van der Waals surface area contributed by atoms with Crippen molar-refractivity contribution in [2.24, 2.45) is 0 Å². The molecule has 3 atom stereocenters. The Morgan fingerprint density at radius 1 is 1.03 bits per heavy atom. The normalized spacial score (nSPS) is 20.4. The predicted octanol–water partition coefficient (Wildman–Crippen LogP) is 4.94. The monoisotopic (exact) mass is 533 g/mol. The zero-order valence-corrected chi connectivity index (χ0v) is 22.8. The molecular weight excluding hydrogens is 495 g/mol. The van der Waals surface area contributed by atoms with Gasteiger partial charge in [0.15, 0.2) is 0 Å². The van der Waals surface area contributed by atoms with E-state index in [4.69, 9.17) is 9.47 Å². The van der Waals surface area contributed by atoms with Crippen LogP contribution < -0.4 is 4.74 Å². The zero-order chi connectivity index (χ0) is 27.6. The lowest BCUT2D eigenvalue weighted by molar-refractivity contribution is -0.137. The maximum Gasteiger partial charge on any atom is 0.416 e. The number of carbonyl (C=O) groups excluding carboxylic acids is 1. The summed E-state index contributed by atoms with van der Waals surface area (Å²) in [5, 5.41) is 0. The van der Waals surface area contributed by atoms with Crippen molar-refractivity contribution in [1.29, 1.82) is 0 Å². The van der Waals surface area contributed by atoms with E-state index in [1.54, 1.807) is 7.11 Å². The number of methoxy groups -OCH3 is 1. The number of likely N-dealkylation sites (N-methyl/N-ethyl adjacent to an activating group) is 1. The molecule has 2 aromatic carbocycles. The number of piperazine rings is 1. The van der Waals surface area contributed by atoms with Gasteiger partial charge in [-0.25, -0.2) is 0 Å². The minimum atomic E-state index is -4.41. The fourth-order valence-electron chi connectivity index (χ4n) is 5.66. The molecule has 4 rings (SSSR count). The van der Waals surface area contributed by atoms with Crippen LogP contribution in [0.1, 0.15) is 52.0 Å². The van der Waals surface area contributed by atoms with E-state index in [1.807, 2.05) is 11.9 Å². The van der Waals surface area contributed by atoms with E-state index in [-0.39, 0.29) is 24.0 Å². The van der Waals surface area contributed by atoms with Crippen LogP contribution in [0.15, 0.2) is 36.4 Å². The SMILES string of the molecule is COCCN(C)CCOc1ccc([C@H](C)N2C[C@@H]3C[C@H]2CN3C(=O)c2ccc(C(F)(F)F)cc2)c(C)c1C. The van der Waals surface area contributed by atoms with Crippen molar-refractivity contribution in [3.8, 4) is 5.75 Å². The van der Waals surface area contributed by atoms with E-state index in [0.29, 0.717) is 25.3 Å². The van der Waals surface area contributed by atoms with E-state index < -0.39 is 11.7 Å². The lowest BCUT2D eigenvalue weighted by atomic mass is 9.96. The van der Waals surface area contributed by atoms with Crippen LogP contribution in [0.25, 0.3) is 0 Å². The fraction of sp³-hybridized carbons (Fsp3) is 0.552. The van der Waals surface area contributed by atoms with Crippen molar-refractivity contribution >= 4 is 5.91 Å². The van der Waals surface area contributed by atoms with Crippen LogP contribution in [0.5, 0.6) is 5.75 Å². The summed E-state index contributed by atoms with van der Waals surface area (Å²) in [6.45, 7) is 10.7. The molecule has 6 nitrogen and oxygen atoms in total. The molecule has 2 heterocycles. The third-order valence-corrected chi connectivity index (χ3v) is 8.14. The molecule has 0 aromatic heterocycles. The van der Waals surface area contributed by atoms with Gasteiger partial charge in [-0.2, -0.15) is 13.2 Å². The summed E-state index contributed by atoms with van der Waals surface area (Å²) >= 11 is 0. The van der Waals surface area contributed by atoms with Crippen LogP contribution in [0, 0.1) is 13.8 Å². The quantitative estimate of drug-likeness (QED) is 0.433. The van der Waals surface area contributed by atoms with Gasteiger partial charge in [-0.05, 0) is 81.3 Å². The number of hydrogen-bond acceptors (Lipinski definition) is 5. The standard InChI is InChI=1S/C29H38F3N3O3/c1-19-20(2)27(38-15-13-33(4)12-14-37-5)11-10-26(19)21(3)34-17-25-16-24(34)18-35(25)28(36)22-6-8-23(9-7-22)29(30,31)32/h6-11,21,24-25H,12-18H2,1-5H3/t21-,24-,25-/m0/s1. The molecule has 208 valence electrons. The zero-order valence-electron chi connectivity index (χ0n) is 22.8. The van der Waals surface area contributed by atoms with Gasteiger partial charge in [0.25, 0.3) is 5.91 Å². The number of fused-ring (bicyclic) bond motifs is 2. The minimum Gasteiger partial charge on any atom is -0.492 e. The van der Waals surface area contributed by atoms with Gasteiger partial charge in [0, 0.05) is 57.0 Å². The maximum atomic E-state index is 13.1. The van der Waals surface area contributed by atoms with Gasteiger partial charge in [-0.3, -0.25) is 9.69 Å². The predicted molar refractivity (Wildman–Crippen MR) is 141 cm³/mol. The molecule has 0 unspecified atom stereocenters. The molecule has 1 amide bonds. The molecule has 9 heteroatoms. The highest BCUT2D eigenvalue weighted by Crippen LogP contribution is 2.39. The number of rotatable bonds is 10. The van der Waals surface area contributed by atoms with Gasteiger partial charge >= 0.3 is 6.18 Å². The smallest absolute Gasteiger partial charge is 0.416 e. The Balaban J connectivity index is 1.36. The first-order valence-electron chi connectivity index (χ1n) is 13.2. The number of carbonyl (C=O) groups is 1. The molecule has 0 radical (unpaired) electrons. The minimum absolute atomic E-state index is 0.0661. The molecular formula is C29H38F3N3O3. The maximum absolute atomic E-state index is 13.1. The molecule has 2 bridgehead atoms. The largest absolute Gasteiger partial charge is 0.492 e. The van der Waals surface area contributed by atoms with Crippen molar-refractivity contribution < 1.29 is 27.4 Å². The third kappa shape index (κ3) is 6.00. The molecule has 2 fully saturated rings. The van der Waals surface area contributed by atoms with Crippen LogP contribution in [0.4, 0.5) is 13.2 Å². The van der Waals surface area contributed by atoms with Gasteiger partial charge in [-0.1, -0.05) is 6.07 Å². The van der Waals surface area contributed by atoms with Crippen LogP contribution in [-0.2, 0) is 10.9 Å². The van der Waals surface area contributed by atoms with Crippen LogP contribution >= 0.6 is 0 Å². The summed E-state index contributed by atoms with van der Waals surface area (Å²) in [5.74, 6) is 0.703. The number of amides is 1. The first-order chi connectivity index (χ1) is 18.0. The summed E-state index contributed by atoms with van der Waals surface area (Å²) in [6, 6.07) is 9.20. The Bertz CT molecular complexity index is 1120. The van der Waals surface area contributed by atoms with Gasteiger partial charge in [0.05, 0.1) is 12.2 Å². The average molecular weight is 534 g/mol. The van der Waals surface area contributed by atoms with Gasteiger partial charge in [-0.15, -0.1) is 0 Å². The van der Waals surface area contributed by atoms with E-state index in [1.165, 1.54) is 23.3 Å². The first kappa shape index (κ1) is 28.4. The highest BCUT2D eigenvalue weighted by Gasteiger charge is 2.47. The second kappa shape index (κ2) is 11.6. The number of ether oxygens (including phenoxy) is 2. The van der Waals surface area contributed by atoms with Gasteiger partial charge in [0.1, 0.15) is 12.4 Å². The molecule has 2 aliphatic rings. The molecule has 0 saturated carbocycles. The summed E-state index contributed by atoms with van der Waals surface area (Å²) in [7, 11) is 3.75. The number of alkyl halides is 3. The second-order valence-electron chi connectivity index (χ2n) is 10.5. The first-order valence-corrected chi connectivity index (χ1v) is 13.2. The van der Waals surface area contributed by atoms with Gasteiger partial charge < -0.3 is 19.3 Å². The number of benzene rings is 2. The second-order valence-corrected chi connectivity index (χ2v) is 10.5. The lowest BCUT2D eigenvalue weighted by Gasteiger charge is -2.38. The summed E-state index contributed by atoms with van der Waals surface area (Å²) in [4.78, 5) is 19.5. The molecule has 0 spiro atoms. The van der Waals surface area contributed by atoms with Crippen molar-refractivity contribution in [1.82, 2.24) is 14.7 Å². The number of halogens is 3. The molecule has 38 heavy (non-hydrogen) atoms. The summed E-state index contributed by atoms with van der Waals surface area (Å²) < 4.78 is 49.9. The Morgan fingerprint density at radius 3 is 2.32 bits per heavy atom. The van der Waals surface area contributed by atoms with Crippen LogP contribution in [-0.4, -0.2) is 86.2 Å². The van der Waals surface area contributed by atoms with E-state index >= 15 is 0 Å². The number of nitrogens with zero attached hydrogens (tertiary/aromatic N) is 3. The fourth-order valence-corrected chi connectivity index (χ4v) is 5.66. The van der Waals surface area contributed by atoms with Crippen LogP contribution in [0.2, 0.25) is 0 Å².